The standard InChI is InChI=1S/C17H22N2/c1-18-16-10-4-2-3-7-14(16)13-8-5-11-17-15(13)9-6-12-19-17/h5-6,8-9,11-12,14,16,18H,2-4,7,10H2,1H3. The van der Waals surface area contributed by atoms with Crippen LogP contribution in [-0.4, -0.2) is 18.1 Å². The van der Waals surface area contributed by atoms with Crippen LogP contribution in [0, 0.1) is 0 Å². The third-order valence-corrected chi connectivity index (χ3v) is 4.47. The lowest BCUT2D eigenvalue weighted by atomic mass is 9.85. The van der Waals surface area contributed by atoms with Crippen LogP contribution >= 0.6 is 0 Å². The summed E-state index contributed by atoms with van der Waals surface area (Å²) in [5.74, 6) is 0.625. The molecule has 1 N–H and O–H groups in total. The highest BCUT2D eigenvalue weighted by atomic mass is 14.9. The lowest BCUT2D eigenvalue weighted by Crippen LogP contribution is -2.31. The quantitative estimate of drug-likeness (QED) is 0.823. The minimum Gasteiger partial charge on any atom is -0.316 e. The lowest BCUT2D eigenvalue weighted by molar-refractivity contribution is 0.441. The summed E-state index contributed by atoms with van der Waals surface area (Å²) >= 11 is 0. The monoisotopic (exact) mass is 254 g/mol. The van der Waals surface area contributed by atoms with Gasteiger partial charge in [0.15, 0.2) is 0 Å². The van der Waals surface area contributed by atoms with Gasteiger partial charge in [0.1, 0.15) is 0 Å². The molecule has 3 rings (SSSR count). The molecule has 1 fully saturated rings. The molecule has 2 heteroatoms. The predicted octanol–water partition coefficient (Wildman–Crippen LogP) is 3.87. The maximum Gasteiger partial charge on any atom is 0.0704 e. The van der Waals surface area contributed by atoms with Crippen molar-refractivity contribution in [2.75, 3.05) is 7.05 Å². The molecule has 1 heterocycles. The smallest absolute Gasteiger partial charge is 0.0704 e. The van der Waals surface area contributed by atoms with Crippen LogP contribution < -0.4 is 5.32 Å². The second kappa shape index (κ2) is 5.70. The molecule has 1 aromatic heterocycles. The van der Waals surface area contributed by atoms with Crippen molar-refractivity contribution in [1.82, 2.24) is 10.3 Å². The maximum absolute atomic E-state index is 4.49. The van der Waals surface area contributed by atoms with Gasteiger partial charge in [0.25, 0.3) is 0 Å². The summed E-state index contributed by atoms with van der Waals surface area (Å²) in [5, 5.41) is 4.87. The molecule has 2 unspecified atom stereocenters. The number of nitrogens with one attached hydrogen (secondary N) is 1. The number of aromatic nitrogens is 1. The average molecular weight is 254 g/mol. The van der Waals surface area contributed by atoms with Gasteiger partial charge in [0.2, 0.25) is 0 Å². The third kappa shape index (κ3) is 2.50. The molecule has 0 radical (unpaired) electrons. The fourth-order valence-electron chi connectivity index (χ4n) is 3.48. The van der Waals surface area contributed by atoms with Crippen molar-refractivity contribution in [3.05, 3.63) is 42.1 Å². The van der Waals surface area contributed by atoms with E-state index in [1.807, 2.05) is 6.20 Å². The predicted molar refractivity (Wildman–Crippen MR) is 80.4 cm³/mol. The fraction of sp³-hybridized carbons (Fsp3) is 0.471. The zero-order chi connectivity index (χ0) is 13.1. The summed E-state index contributed by atoms with van der Waals surface area (Å²) in [6, 6.07) is 11.4. The van der Waals surface area contributed by atoms with Gasteiger partial charge >= 0.3 is 0 Å². The molecule has 19 heavy (non-hydrogen) atoms. The molecule has 0 spiro atoms. The molecule has 100 valence electrons. The van der Waals surface area contributed by atoms with E-state index in [0.29, 0.717) is 12.0 Å². The molecule has 1 saturated carbocycles. The largest absolute Gasteiger partial charge is 0.316 e. The second-order valence-electron chi connectivity index (χ2n) is 5.56. The first-order valence-electron chi connectivity index (χ1n) is 7.41. The van der Waals surface area contributed by atoms with Crippen LogP contribution in [0.2, 0.25) is 0 Å². The number of nitrogens with zero attached hydrogens (tertiary/aromatic N) is 1. The fourth-order valence-corrected chi connectivity index (χ4v) is 3.48. The summed E-state index contributed by atoms with van der Waals surface area (Å²) in [4.78, 5) is 4.49. The number of fused-ring (bicyclic) bond motifs is 1. The molecule has 0 bridgehead atoms. The average Bonchev–Trinajstić information content (AvgIpc) is 2.71. The van der Waals surface area contributed by atoms with Gasteiger partial charge in [0.05, 0.1) is 5.52 Å². The summed E-state index contributed by atoms with van der Waals surface area (Å²) < 4.78 is 0. The maximum atomic E-state index is 4.49. The van der Waals surface area contributed by atoms with E-state index in [0.717, 1.165) is 5.52 Å². The number of benzene rings is 1. The number of rotatable bonds is 2. The summed E-state index contributed by atoms with van der Waals surface area (Å²) in [7, 11) is 2.10. The zero-order valence-electron chi connectivity index (χ0n) is 11.6. The highest BCUT2D eigenvalue weighted by Gasteiger charge is 2.25. The van der Waals surface area contributed by atoms with Crippen LogP contribution in [0.15, 0.2) is 36.5 Å². The van der Waals surface area contributed by atoms with Crippen LogP contribution in [0.1, 0.15) is 43.6 Å². The Balaban J connectivity index is 2.06. The Morgan fingerprint density at radius 1 is 1.05 bits per heavy atom. The minimum atomic E-state index is 0.605. The first-order valence-corrected chi connectivity index (χ1v) is 7.41. The van der Waals surface area contributed by atoms with Crippen LogP contribution in [0.25, 0.3) is 10.9 Å². The topological polar surface area (TPSA) is 24.9 Å². The summed E-state index contributed by atoms with van der Waals surface area (Å²) in [5.41, 5.74) is 2.60. The lowest BCUT2D eigenvalue weighted by Gasteiger charge is -2.26. The van der Waals surface area contributed by atoms with E-state index < -0.39 is 0 Å². The molecule has 1 aromatic carbocycles. The summed E-state index contributed by atoms with van der Waals surface area (Å²) in [6.45, 7) is 0. The number of hydrogen-bond donors (Lipinski definition) is 1. The Labute approximate surface area is 115 Å². The van der Waals surface area contributed by atoms with E-state index in [1.54, 1.807) is 0 Å². The molecule has 2 atom stereocenters. The molecule has 2 nitrogen and oxygen atoms in total. The van der Waals surface area contributed by atoms with Gasteiger partial charge in [-0.25, -0.2) is 0 Å². The van der Waals surface area contributed by atoms with Crippen molar-refractivity contribution in [2.24, 2.45) is 0 Å². The van der Waals surface area contributed by atoms with E-state index in [4.69, 9.17) is 0 Å². The molecule has 1 aliphatic carbocycles. The Morgan fingerprint density at radius 2 is 1.95 bits per heavy atom. The number of likely N-dealkylation sites (N-methyl/N-ethyl adjacent to an activating group) is 1. The second-order valence-corrected chi connectivity index (χ2v) is 5.56. The van der Waals surface area contributed by atoms with Gasteiger partial charge in [-0.05, 0) is 43.5 Å². The normalized spacial score (nSPS) is 24.3. The van der Waals surface area contributed by atoms with Crippen LogP contribution in [0.4, 0.5) is 0 Å². The molecular weight excluding hydrogens is 232 g/mol. The molecule has 2 aromatic rings. The van der Waals surface area contributed by atoms with Crippen molar-refractivity contribution >= 4 is 10.9 Å². The minimum absolute atomic E-state index is 0.605. The zero-order valence-corrected chi connectivity index (χ0v) is 11.6. The molecule has 1 aliphatic rings. The van der Waals surface area contributed by atoms with Crippen molar-refractivity contribution in [2.45, 2.75) is 44.1 Å². The van der Waals surface area contributed by atoms with Crippen molar-refractivity contribution < 1.29 is 0 Å². The molecule has 0 amide bonds. The summed E-state index contributed by atoms with van der Waals surface area (Å²) in [6.07, 6.45) is 8.54. The third-order valence-electron chi connectivity index (χ3n) is 4.47. The van der Waals surface area contributed by atoms with Crippen molar-refractivity contribution in [3.63, 3.8) is 0 Å². The van der Waals surface area contributed by atoms with Crippen molar-refractivity contribution in [1.29, 1.82) is 0 Å². The number of hydrogen-bond acceptors (Lipinski definition) is 2. The first kappa shape index (κ1) is 12.6. The van der Waals surface area contributed by atoms with Crippen LogP contribution in [0.5, 0.6) is 0 Å². The SMILES string of the molecule is CNC1CCCCCC1c1cccc2ncccc12. The Bertz CT molecular complexity index is 544. The van der Waals surface area contributed by atoms with E-state index in [9.17, 15) is 0 Å². The van der Waals surface area contributed by atoms with E-state index in [1.165, 1.54) is 43.1 Å². The van der Waals surface area contributed by atoms with E-state index >= 15 is 0 Å². The Kier molecular flexibility index (Phi) is 3.79. The first-order chi connectivity index (χ1) is 9.40. The van der Waals surface area contributed by atoms with Crippen molar-refractivity contribution in [3.8, 4) is 0 Å². The van der Waals surface area contributed by atoms with Gasteiger partial charge in [-0.1, -0.05) is 37.5 Å². The van der Waals surface area contributed by atoms with Gasteiger partial charge in [-0.15, -0.1) is 0 Å². The molecule has 0 saturated heterocycles. The number of pyridine rings is 1. The van der Waals surface area contributed by atoms with Gasteiger partial charge in [-0.2, -0.15) is 0 Å². The molecule has 0 aliphatic heterocycles. The van der Waals surface area contributed by atoms with Crippen LogP contribution in [0.3, 0.4) is 0 Å². The highest BCUT2D eigenvalue weighted by molar-refractivity contribution is 5.82. The van der Waals surface area contributed by atoms with Crippen LogP contribution in [-0.2, 0) is 0 Å². The Hall–Kier alpha value is -1.41. The Morgan fingerprint density at radius 3 is 2.84 bits per heavy atom. The molecular formula is C17H22N2. The highest BCUT2D eigenvalue weighted by Crippen LogP contribution is 2.35. The van der Waals surface area contributed by atoms with Gasteiger partial charge in [0, 0.05) is 17.6 Å². The van der Waals surface area contributed by atoms with E-state index in [2.05, 4.69) is 47.7 Å². The van der Waals surface area contributed by atoms with E-state index in [-0.39, 0.29) is 0 Å². The van der Waals surface area contributed by atoms with Gasteiger partial charge < -0.3 is 5.32 Å². The van der Waals surface area contributed by atoms with Gasteiger partial charge in [-0.3, -0.25) is 4.98 Å².